The van der Waals surface area contributed by atoms with Gasteiger partial charge in [0.05, 0.1) is 9.99 Å². The van der Waals surface area contributed by atoms with Crippen molar-refractivity contribution in [1.82, 2.24) is 0 Å². The van der Waals surface area contributed by atoms with Gasteiger partial charge in [-0.1, -0.05) is 12.7 Å². The standard InChI is InChI=1S/C15H15IO3/c1-2-7-19-15-6-5-11(8-12(15)16)14(18)9-13(17)10-3-4-10/h2,5-6,8,10H,1,3-4,7,9H2. The Morgan fingerprint density at radius 1 is 1.42 bits per heavy atom. The van der Waals surface area contributed by atoms with Gasteiger partial charge in [0, 0.05) is 11.5 Å². The zero-order chi connectivity index (χ0) is 13.8. The van der Waals surface area contributed by atoms with Gasteiger partial charge in [-0.05, 0) is 53.6 Å². The summed E-state index contributed by atoms with van der Waals surface area (Å²) in [4.78, 5) is 23.6. The van der Waals surface area contributed by atoms with E-state index in [-0.39, 0.29) is 23.9 Å². The van der Waals surface area contributed by atoms with Crippen LogP contribution in [0.5, 0.6) is 5.75 Å². The van der Waals surface area contributed by atoms with Crippen LogP contribution in [0.2, 0.25) is 0 Å². The molecule has 0 unspecified atom stereocenters. The maximum absolute atomic E-state index is 12.0. The van der Waals surface area contributed by atoms with Gasteiger partial charge >= 0.3 is 0 Å². The minimum atomic E-state index is -0.106. The maximum atomic E-state index is 12.0. The first-order chi connectivity index (χ1) is 9.11. The molecule has 1 saturated carbocycles. The average Bonchev–Trinajstić information content (AvgIpc) is 3.21. The Balaban J connectivity index is 2.03. The van der Waals surface area contributed by atoms with E-state index in [2.05, 4.69) is 29.2 Å². The summed E-state index contributed by atoms with van der Waals surface area (Å²) < 4.78 is 6.31. The zero-order valence-electron chi connectivity index (χ0n) is 10.5. The molecular formula is C15H15IO3. The quantitative estimate of drug-likeness (QED) is 0.320. The number of ketones is 2. The van der Waals surface area contributed by atoms with Crippen LogP contribution in [0.3, 0.4) is 0 Å². The van der Waals surface area contributed by atoms with Gasteiger partial charge in [-0.15, -0.1) is 0 Å². The molecule has 0 amide bonds. The van der Waals surface area contributed by atoms with Crippen LogP contribution in [0.1, 0.15) is 29.6 Å². The molecule has 0 saturated heterocycles. The highest BCUT2D eigenvalue weighted by Crippen LogP contribution is 2.31. The van der Waals surface area contributed by atoms with Crippen LogP contribution in [-0.2, 0) is 4.79 Å². The number of halogens is 1. The Labute approximate surface area is 126 Å². The summed E-state index contributed by atoms with van der Waals surface area (Å²) in [6.45, 7) is 4.02. The third-order valence-corrected chi connectivity index (χ3v) is 3.82. The van der Waals surface area contributed by atoms with E-state index >= 15 is 0 Å². The van der Waals surface area contributed by atoms with Crippen LogP contribution in [-0.4, -0.2) is 18.2 Å². The molecule has 1 fully saturated rings. The first kappa shape index (κ1) is 14.2. The van der Waals surface area contributed by atoms with Crippen LogP contribution in [0.15, 0.2) is 30.9 Å². The zero-order valence-corrected chi connectivity index (χ0v) is 12.7. The second-order valence-corrected chi connectivity index (χ2v) is 5.75. The molecule has 0 aromatic heterocycles. The van der Waals surface area contributed by atoms with Crippen molar-refractivity contribution in [3.05, 3.63) is 40.0 Å². The van der Waals surface area contributed by atoms with Crippen LogP contribution in [0.4, 0.5) is 0 Å². The number of carbonyl (C=O) groups is 2. The summed E-state index contributed by atoms with van der Waals surface area (Å²) in [6.07, 6.45) is 3.58. The maximum Gasteiger partial charge on any atom is 0.170 e. The fourth-order valence-corrected chi connectivity index (χ4v) is 2.42. The summed E-state index contributed by atoms with van der Waals surface area (Å²) in [7, 11) is 0. The number of Topliss-reactive ketones (excluding diaryl/α,β-unsaturated/α-hetero) is 2. The van der Waals surface area contributed by atoms with Gasteiger partial charge in [-0.3, -0.25) is 9.59 Å². The SMILES string of the molecule is C=CCOc1ccc(C(=O)CC(=O)C2CC2)cc1I. The first-order valence-electron chi connectivity index (χ1n) is 6.21. The lowest BCUT2D eigenvalue weighted by molar-refractivity contribution is -0.119. The summed E-state index contributed by atoms with van der Waals surface area (Å²) in [5, 5.41) is 0. The van der Waals surface area contributed by atoms with E-state index in [1.165, 1.54) is 0 Å². The minimum Gasteiger partial charge on any atom is -0.488 e. The topological polar surface area (TPSA) is 43.4 Å². The molecule has 0 heterocycles. The van der Waals surface area contributed by atoms with Gasteiger partial charge in [0.2, 0.25) is 0 Å². The number of carbonyl (C=O) groups excluding carboxylic acids is 2. The molecule has 1 aromatic rings. The third kappa shape index (κ3) is 3.89. The van der Waals surface area contributed by atoms with E-state index in [1.54, 1.807) is 24.3 Å². The molecule has 0 radical (unpaired) electrons. The second kappa shape index (κ2) is 6.32. The first-order valence-corrected chi connectivity index (χ1v) is 7.29. The normalized spacial score (nSPS) is 13.9. The van der Waals surface area contributed by atoms with Crippen LogP contribution in [0, 0.1) is 9.49 Å². The highest BCUT2D eigenvalue weighted by molar-refractivity contribution is 14.1. The van der Waals surface area contributed by atoms with Crippen molar-refractivity contribution in [1.29, 1.82) is 0 Å². The van der Waals surface area contributed by atoms with Gasteiger partial charge in [-0.2, -0.15) is 0 Å². The van der Waals surface area contributed by atoms with Gasteiger partial charge in [-0.25, -0.2) is 0 Å². The molecule has 19 heavy (non-hydrogen) atoms. The van der Waals surface area contributed by atoms with Crippen molar-refractivity contribution in [3.8, 4) is 5.75 Å². The Bertz CT molecular complexity index is 518. The van der Waals surface area contributed by atoms with Gasteiger partial charge in [0.1, 0.15) is 18.1 Å². The summed E-state index contributed by atoms with van der Waals surface area (Å²) in [6, 6.07) is 5.24. The molecule has 3 nitrogen and oxygen atoms in total. The predicted octanol–water partition coefficient (Wildman–Crippen LogP) is 3.41. The molecule has 1 aliphatic rings. The smallest absolute Gasteiger partial charge is 0.170 e. The lowest BCUT2D eigenvalue weighted by atomic mass is 10.0. The molecule has 2 rings (SSSR count). The van der Waals surface area contributed by atoms with Gasteiger partial charge in [0.15, 0.2) is 5.78 Å². The molecule has 0 aliphatic heterocycles. The molecule has 0 N–H and O–H groups in total. The summed E-state index contributed by atoms with van der Waals surface area (Å²) >= 11 is 2.12. The van der Waals surface area contributed by atoms with E-state index in [4.69, 9.17) is 4.74 Å². The van der Waals surface area contributed by atoms with Crippen LogP contribution in [0.25, 0.3) is 0 Å². The van der Waals surface area contributed by atoms with Crippen molar-refractivity contribution in [2.24, 2.45) is 5.92 Å². The van der Waals surface area contributed by atoms with Crippen LogP contribution >= 0.6 is 22.6 Å². The van der Waals surface area contributed by atoms with E-state index in [0.717, 1.165) is 22.2 Å². The predicted molar refractivity (Wildman–Crippen MR) is 81.5 cm³/mol. The molecule has 1 aliphatic carbocycles. The Kier molecular flexibility index (Phi) is 4.74. The third-order valence-electron chi connectivity index (χ3n) is 2.98. The Hall–Kier alpha value is -1.17. The van der Waals surface area contributed by atoms with E-state index in [1.807, 2.05) is 0 Å². The molecule has 0 spiro atoms. The number of hydrogen-bond acceptors (Lipinski definition) is 3. The van der Waals surface area contributed by atoms with Crippen molar-refractivity contribution in [2.75, 3.05) is 6.61 Å². The van der Waals surface area contributed by atoms with Crippen molar-refractivity contribution >= 4 is 34.2 Å². The summed E-state index contributed by atoms with van der Waals surface area (Å²) in [5.41, 5.74) is 0.573. The fraction of sp³-hybridized carbons (Fsp3) is 0.333. The van der Waals surface area contributed by atoms with E-state index < -0.39 is 0 Å². The molecule has 0 bridgehead atoms. The molecule has 0 atom stereocenters. The molecular weight excluding hydrogens is 355 g/mol. The number of hydrogen-bond donors (Lipinski definition) is 0. The number of benzene rings is 1. The van der Waals surface area contributed by atoms with Crippen LogP contribution < -0.4 is 4.74 Å². The molecule has 1 aromatic carbocycles. The lowest BCUT2D eigenvalue weighted by Gasteiger charge is -2.07. The molecule has 4 heteroatoms. The summed E-state index contributed by atoms with van der Waals surface area (Å²) in [5.74, 6) is 0.834. The van der Waals surface area contributed by atoms with Crippen molar-refractivity contribution < 1.29 is 14.3 Å². The second-order valence-electron chi connectivity index (χ2n) is 4.59. The van der Waals surface area contributed by atoms with Crippen molar-refractivity contribution in [3.63, 3.8) is 0 Å². The van der Waals surface area contributed by atoms with Gasteiger partial charge in [0.25, 0.3) is 0 Å². The monoisotopic (exact) mass is 370 g/mol. The molecule has 100 valence electrons. The Morgan fingerprint density at radius 2 is 2.16 bits per heavy atom. The lowest BCUT2D eigenvalue weighted by Crippen LogP contribution is -2.10. The van der Waals surface area contributed by atoms with Gasteiger partial charge < -0.3 is 4.74 Å². The van der Waals surface area contributed by atoms with Crippen molar-refractivity contribution in [2.45, 2.75) is 19.3 Å². The number of rotatable bonds is 7. The fourth-order valence-electron chi connectivity index (χ4n) is 1.75. The largest absolute Gasteiger partial charge is 0.488 e. The Morgan fingerprint density at radius 3 is 2.74 bits per heavy atom. The average molecular weight is 370 g/mol. The van der Waals surface area contributed by atoms with E-state index in [0.29, 0.717) is 12.2 Å². The number of ether oxygens (including phenoxy) is 1. The highest BCUT2D eigenvalue weighted by Gasteiger charge is 2.30. The minimum absolute atomic E-state index is 0.0214. The highest BCUT2D eigenvalue weighted by atomic mass is 127. The van der Waals surface area contributed by atoms with E-state index in [9.17, 15) is 9.59 Å².